The van der Waals surface area contributed by atoms with Crippen molar-refractivity contribution in [3.8, 4) is 0 Å². The summed E-state index contributed by atoms with van der Waals surface area (Å²) in [4.78, 5) is 0.235. The van der Waals surface area contributed by atoms with Gasteiger partial charge in [0, 0.05) is 18.9 Å². The maximum atomic E-state index is 12.2. The molecule has 1 aromatic rings. The molecule has 18 heavy (non-hydrogen) atoms. The van der Waals surface area contributed by atoms with E-state index in [1.54, 1.807) is 38.1 Å². The smallest absolute Gasteiger partial charge is 0.242 e. The first-order valence-electron chi connectivity index (χ1n) is 5.50. The molecular weight excluding hydrogens is 318 g/mol. The van der Waals surface area contributed by atoms with Gasteiger partial charge in [0.05, 0.1) is 10.5 Å². The quantitative estimate of drug-likeness (QED) is 0.837. The molecule has 1 rings (SSSR count). The van der Waals surface area contributed by atoms with E-state index in [2.05, 4.69) is 15.9 Å². The molecule has 0 heterocycles. The second kappa shape index (κ2) is 5.69. The maximum Gasteiger partial charge on any atom is 0.242 e. The lowest BCUT2D eigenvalue weighted by Gasteiger charge is -2.25. The van der Waals surface area contributed by atoms with E-state index in [0.29, 0.717) is 5.33 Å². The molecule has 102 valence electrons. The number of alkyl halides is 1. The van der Waals surface area contributed by atoms with Crippen LogP contribution in [0.5, 0.6) is 0 Å². The lowest BCUT2D eigenvalue weighted by atomic mass is 10.1. The summed E-state index contributed by atoms with van der Waals surface area (Å²) in [6.45, 7) is 3.20. The summed E-state index contributed by atoms with van der Waals surface area (Å²) in [5.74, 6) is 0. The van der Waals surface area contributed by atoms with Crippen LogP contribution in [0.4, 0.5) is 0 Å². The Hall–Kier alpha value is -0.430. The van der Waals surface area contributed by atoms with Gasteiger partial charge in [-0.2, -0.15) is 4.31 Å². The van der Waals surface area contributed by atoms with Crippen LogP contribution < -0.4 is 0 Å². The molecule has 0 bridgehead atoms. The molecule has 1 N–H and O–H groups in total. The Morgan fingerprint density at radius 2 is 1.78 bits per heavy atom. The molecule has 0 aliphatic carbocycles. The zero-order valence-electron chi connectivity index (χ0n) is 10.7. The summed E-state index contributed by atoms with van der Waals surface area (Å²) in [7, 11) is -2.08. The molecule has 0 saturated heterocycles. The number of hydrogen-bond donors (Lipinski definition) is 1. The number of benzene rings is 1. The van der Waals surface area contributed by atoms with Crippen molar-refractivity contribution in [2.45, 2.75) is 29.7 Å². The molecule has 6 heteroatoms. The second-order valence-electron chi connectivity index (χ2n) is 4.85. The molecule has 0 aliphatic heterocycles. The molecule has 0 aromatic heterocycles. The minimum Gasteiger partial charge on any atom is -0.389 e. The third kappa shape index (κ3) is 4.05. The normalized spacial score (nSPS) is 13.0. The topological polar surface area (TPSA) is 57.6 Å². The molecular formula is C12H18BrNO3S. The number of likely N-dealkylation sites (N-methyl/N-ethyl adjacent to an activating group) is 1. The summed E-state index contributed by atoms with van der Waals surface area (Å²) in [6, 6.07) is 6.68. The van der Waals surface area contributed by atoms with Gasteiger partial charge in [0.25, 0.3) is 0 Å². The number of aliphatic hydroxyl groups is 1. The Kier molecular flexibility index (Phi) is 4.94. The molecule has 0 aliphatic rings. The van der Waals surface area contributed by atoms with Crippen LogP contribution >= 0.6 is 15.9 Å². The van der Waals surface area contributed by atoms with Gasteiger partial charge in [-0.25, -0.2) is 8.42 Å². The van der Waals surface area contributed by atoms with Crippen LogP contribution in [0.3, 0.4) is 0 Å². The molecule has 0 saturated carbocycles. The van der Waals surface area contributed by atoms with Crippen LogP contribution in [0.25, 0.3) is 0 Å². The van der Waals surface area contributed by atoms with E-state index >= 15 is 0 Å². The van der Waals surface area contributed by atoms with Crippen molar-refractivity contribution in [3.63, 3.8) is 0 Å². The lowest BCUT2D eigenvalue weighted by molar-refractivity contribution is 0.0640. The zero-order chi connectivity index (χ0) is 14.0. The molecule has 0 atom stereocenters. The number of rotatable bonds is 5. The van der Waals surface area contributed by atoms with Crippen molar-refractivity contribution in [1.82, 2.24) is 4.31 Å². The van der Waals surface area contributed by atoms with E-state index in [4.69, 9.17) is 0 Å². The third-order valence-electron chi connectivity index (χ3n) is 2.40. The fourth-order valence-corrected chi connectivity index (χ4v) is 3.26. The van der Waals surface area contributed by atoms with E-state index in [1.807, 2.05) is 0 Å². The van der Waals surface area contributed by atoms with Gasteiger partial charge < -0.3 is 5.11 Å². The standard InChI is InChI=1S/C12H18BrNO3S/c1-12(2,15)9-14(3)18(16,17)11-6-4-10(8-13)5-7-11/h4-7,15H,8-9H2,1-3H3. The van der Waals surface area contributed by atoms with Crippen molar-refractivity contribution in [2.75, 3.05) is 13.6 Å². The number of sulfonamides is 1. The van der Waals surface area contributed by atoms with Crippen molar-refractivity contribution in [3.05, 3.63) is 29.8 Å². The first-order chi connectivity index (χ1) is 8.16. The Balaban J connectivity index is 2.98. The van der Waals surface area contributed by atoms with E-state index in [-0.39, 0.29) is 11.4 Å². The fourth-order valence-electron chi connectivity index (χ4n) is 1.56. The van der Waals surface area contributed by atoms with Crippen LogP contribution in [-0.2, 0) is 15.4 Å². The zero-order valence-corrected chi connectivity index (χ0v) is 13.1. The average molecular weight is 336 g/mol. The minimum absolute atomic E-state index is 0.0511. The summed E-state index contributed by atoms with van der Waals surface area (Å²) < 4.78 is 25.6. The highest BCUT2D eigenvalue weighted by atomic mass is 79.9. The van der Waals surface area contributed by atoms with Crippen molar-refractivity contribution >= 4 is 26.0 Å². The fraction of sp³-hybridized carbons (Fsp3) is 0.500. The first-order valence-corrected chi connectivity index (χ1v) is 8.06. The van der Waals surface area contributed by atoms with Gasteiger partial charge in [0.15, 0.2) is 0 Å². The number of hydrogen-bond acceptors (Lipinski definition) is 3. The van der Waals surface area contributed by atoms with E-state index in [0.717, 1.165) is 9.87 Å². The third-order valence-corrected chi connectivity index (χ3v) is 4.86. The number of halogens is 1. The van der Waals surface area contributed by atoms with Gasteiger partial charge in [0.2, 0.25) is 10.0 Å². The monoisotopic (exact) mass is 335 g/mol. The van der Waals surface area contributed by atoms with Gasteiger partial charge in [-0.3, -0.25) is 0 Å². The largest absolute Gasteiger partial charge is 0.389 e. The van der Waals surface area contributed by atoms with Crippen molar-refractivity contribution in [1.29, 1.82) is 0 Å². The van der Waals surface area contributed by atoms with E-state index < -0.39 is 15.6 Å². The average Bonchev–Trinajstić information content (AvgIpc) is 2.27. The molecule has 0 fully saturated rings. The Bertz CT molecular complexity index is 491. The molecule has 0 spiro atoms. The Labute approximate surface area is 117 Å². The first kappa shape index (κ1) is 15.6. The SMILES string of the molecule is CN(CC(C)(C)O)S(=O)(=O)c1ccc(CBr)cc1. The molecule has 0 amide bonds. The second-order valence-corrected chi connectivity index (χ2v) is 7.46. The highest BCUT2D eigenvalue weighted by Crippen LogP contribution is 2.18. The van der Waals surface area contributed by atoms with Crippen molar-refractivity contribution in [2.24, 2.45) is 0 Å². The molecule has 0 radical (unpaired) electrons. The van der Waals surface area contributed by atoms with Gasteiger partial charge in [-0.05, 0) is 31.5 Å². The van der Waals surface area contributed by atoms with Crippen LogP contribution in [0.1, 0.15) is 19.4 Å². The number of nitrogens with zero attached hydrogens (tertiary/aromatic N) is 1. The molecule has 4 nitrogen and oxygen atoms in total. The van der Waals surface area contributed by atoms with E-state index in [9.17, 15) is 13.5 Å². The van der Waals surface area contributed by atoms with Gasteiger partial charge >= 0.3 is 0 Å². The highest BCUT2D eigenvalue weighted by Gasteiger charge is 2.26. The summed E-state index contributed by atoms with van der Waals surface area (Å²) in [5.41, 5.74) is -0.0449. The Morgan fingerprint density at radius 3 is 2.17 bits per heavy atom. The van der Waals surface area contributed by atoms with Crippen molar-refractivity contribution < 1.29 is 13.5 Å². The van der Waals surface area contributed by atoms with Crippen LogP contribution in [0, 0.1) is 0 Å². The van der Waals surface area contributed by atoms with Gasteiger partial charge in [0.1, 0.15) is 0 Å². The van der Waals surface area contributed by atoms with E-state index in [1.165, 1.54) is 7.05 Å². The van der Waals surface area contributed by atoms with Crippen LogP contribution in [0.2, 0.25) is 0 Å². The Morgan fingerprint density at radius 1 is 1.28 bits per heavy atom. The van der Waals surface area contributed by atoms with Crippen LogP contribution in [-0.4, -0.2) is 37.0 Å². The predicted molar refractivity (Wildman–Crippen MR) is 75.2 cm³/mol. The predicted octanol–water partition coefficient (Wildman–Crippen LogP) is 1.97. The van der Waals surface area contributed by atoms with Gasteiger partial charge in [-0.15, -0.1) is 0 Å². The highest BCUT2D eigenvalue weighted by molar-refractivity contribution is 9.08. The summed E-state index contributed by atoms with van der Waals surface area (Å²) in [5, 5.41) is 10.4. The molecule has 0 unspecified atom stereocenters. The summed E-state index contributed by atoms with van der Waals surface area (Å²) in [6.07, 6.45) is 0. The van der Waals surface area contributed by atoms with Gasteiger partial charge in [-0.1, -0.05) is 28.1 Å². The lowest BCUT2D eigenvalue weighted by Crippen LogP contribution is -2.39. The summed E-state index contributed by atoms with van der Waals surface area (Å²) >= 11 is 3.31. The minimum atomic E-state index is -3.54. The molecule has 1 aromatic carbocycles. The van der Waals surface area contributed by atoms with Crippen LogP contribution in [0.15, 0.2) is 29.2 Å². The maximum absolute atomic E-state index is 12.2.